The highest BCUT2D eigenvalue weighted by Gasteiger charge is 2.37. The number of fused-ring (bicyclic) bond motifs is 1. The van der Waals surface area contributed by atoms with Crippen LogP contribution >= 0.6 is 0 Å². The highest BCUT2D eigenvalue weighted by Crippen LogP contribution is 2.32. The summed E-state index contributed by atoms with van der Waals surface area (Å²) < 4.78 is 4.55. The number of carbonyl (C=O) groups is 3. The van der Waals surface area contributed by atoms with E-state index in [4.69, 9.17) is 0 Å². The number of hydrogen-bond acceptors (Lipinski definition) is 4. The molecule has 0 N–H and O–H groups in total. The maximum absolute atomic E-state index is 12.0. The van der Waals surface area contributed by atoms with Gasteiger partial charge in [-0.05, 0) is 31.0 Å². The van der Waals surface area contributed by atoms with E-state index < -0.39 is 17.7 Å². The molecule has 0 fully saturated rings. The van der Waals surface area contributed by atoms with E-state index in [1.165, 1.54) is 12.0 Å². The fraction of sp³-hybridized carbons (Fsp3) is 0.357. The number of Topliss-reactive ketones (excluding diaryl/α,β-unsaturated/α-hetero) is 1. The van der Waals surface area contributed by atoms with Crippen molar-refractivity contribution in [1.82, 2.24) is 0 Å². The molecule has 1 aromatic rings. The van der Waals surface area contributed by atoms with Gasteiger partial charge in [-0.15, -0.1) is 0 Å². The van der Waals surface area contributed by atoms with E-state index in [-0.39, 0.29) is 13.0 Å². The van der Waals surface area contributed by atoms with Gasteiger partial charge in [0, 0.05) is 6.54 Å². The molecule has 100 valence electrons. The van der Waals surface area contributed by atoms with Gasteiger partial charge in [0.2, 0.25) is 0 Å². The number of nitrogens with zero attached hydrogens (tertiary/aromatic N) is 1. The molecule has 5 nitrogen and oxygen atoms in total. The first-order valence-electron chi connectivity index (χ1n) is 6.00. The summed E-state index contributed by atoms with van der Waals surface area (Å²) in [6, 6.07) is 3.66. The topological polar surface area (TPSA) is 63.7 Å². The lowest BCUT2D eigenvalue weighted by Gasteiger charge is -2.16. The van der Waals surface area contributed by atoms with Crippen molar-refractivity contribution in [2.45, 2.75) is 20.3 Å². The first-order chi connectivity index (χ1) is 8.95. The van der Waals surface area contributed by atoms with E-state index in [1.54, 1.807) is 13.0 Å². The van der Waals surface area contributed by atoms with E-state index in [0.29, 0.717) is 11.3 Å². The second kappa shape index (κ2) is 4.84. The second-order valence-corrected chi connectivity index (χ2v) is 4.59. The number of amides is 1. The summed E-state index contributed by atoms with van der Waals surface area (Å²) in [5.41, 5.74) is 2.80. The number of ether oxygens (including phenoxy) is 1. The van der Waals surface area contributed by atoms with Crippen LogP contribution in [0.1, 0.15) is 27.9 Å². The molecule has 1 aromatic carbocycles. The molecule has 1 heterocycles. The van der Waals surface area contributed by atoms with Crippen LogP contribution in [0.5, 0.6) is 0 Å². The number of aryl methyl sites for hydroxylation is 2. The molecule has 0 saturated heterocycles. The molecule has 0 radical (unpaired) electrons. The van der Waals surface area contributed by atoms with Gasteiger partial charge in [0.25, 0.3) is 11.7 Å². The van der Waals surface area contributed by atoms with Gasteiger partial charge >= 0.3 is 5.97 Å². The fourth-order valence-electron chi connectivity index (χ4n) is 2.32. The van der Waals surface area contributed by atoms with E-state index in [2.05, 4.69) is 4.74 Å². The van der Waals surface area contributed by atoms with Gasteiger partial charge in [-0.25, -0.2) is 0 Å². The summed E-state index contributed by atoms with van der Waals surface area (Å²) in [5, 5.41) is 0. The van der Waals surface area contributed by atoms with Gasteiger partial charge in [0.15, 0.2) is 0 Å². The molecule has 0 bridgehead atoms. The lowest BCUT2D eigenvalue weighted by molar-refractivity contribution is -0.140. The first-order valence-corrected chi connectivity index (χ1v) is 6.00. The monoisotopic (exact) mass is 261 g/mol. The first kappa shape index (κ1) is 13.3. The van der Waals surface area contributed by atoms with Crippen molar-refractivity contribution in [3.8, 4) is 0 Å². The molecule has 1 aliphatic rings. The minimum atomic E-state index is -0.576. The average molecular weight is 261 g/mol. The highest BCUT2D eigenvalue weighted by atomic mass is 16.5. The molecule has 0 spiro atoms. The van der Waals surface area contributed by atoms with E-state index in [1.807, 2.05) is 13.0 Å². The zero-order chi connectivity index (χ0) is 14.2. The summed E-state index contributed by atoms with van der Waals surface area (Å²) >= 11 is 0. The lowest BCUT2D eigenvalue weighted by atomic mass is 10.0. The quantitative estimate of drug-likeness (QED) is 0.609. The van der Waals surface area contributed by atoms with Crippen molar-refractivity contribution in [3.05, 3.63) is 28.8 Å². The third kappa shape index (κ3) is 2.23. The van der Waals surface area contributed by atoms with Gasteiger partial charge in [-0.2, -0.15) is 0 Å². The summed E-state index contributed by atoms with van der Waals surface area (Å²) in [6.07, 6.45) is 0.0714. The third-order valence-electron chi connectivity index (χ3n) is 3.18. The second-order valence-electron chi connectivity index (χ2n) is 4.59. The molecule has 0 aromatic heterocycles. The smallest absolute Gasteiger partial charge is 0.307 e. The molecule has 0 unspecified atom stereocenters. The van der Waals surface area contributed by atoms with Crippen LogP contribution in [0.3, 0.4) is 0 Å². The zero-order valence-electron chi connectivity index (χ0n) is 11.1. The Bertz CT molecular complexity index is 577. The van der Waals surface area contributed by atoms with Crippen LogP contribution in [0.25, 0.3) is 0 Å². The number of esters is 1. The molecular weight excluding hydrogens is 246 g/mol. The number of carbonyl (C=O) groups excluding carboxylic acids is 3. The van der Waals surface area contributed by atoms with Crippen molar-refractivity contribution in [2.75, 3.05) is 18.6 Å². The largest absolute Gasteiger partial charge is 0.469 e. The Labute approximate surface area is 111 Å². The minimum Gasteiger partial charge on any atom is -0.469 e. The number of anilines is 1. The SMILES string of the molecule is COC(=O)CCN1C(=O)C(=O)c2c(C)cc(C)cc21. The number of hydrogen-bond donors (Lipinski definition) is 0. The number of rotatable bonds is 3. The third-order valence-corrected chi connectivity index (χ3v) is 3.18. The predicted molar refractivity (Wildman–Crippen MR) is 69.2 cm³/mol. The summed E-state index contributed by atoms with van der Waals surface area (Å²) in [4.78, 5) is 36.4. The maximum atomic E-state index is 12.0. The predicted octanol–water partition coefficient (Wildman–Crippen LogP) is 1.40. The molecular formula is C14H15NO4. The van der Waals surface area contributed by atoms with E-state index >= 15 is 0 Å². The van der Waals surface area contributed by atoms with Crippen LogP contribution in [-0.2, 0) is 14.3 Å². The molecule has 0 aliphatic carbocycles. The minimum absolute atomic E-state index is 0.0714. The number of benzene rings is 1. The molecule has 1 aliphatic heterocycles. The van der Waals surface area contributed by atoms with Gasteiger partial charge < -0.3 is 9.64 Å². The molecule has 0 atom stereocenters. The Balaban J connectivity index is 2.36. The Morgan fingerprint density at radius 2 is 1.95 bits per heavy atom. The van der Waals surface area contributed by atoms with Gasteiger partial charge in [0.1, 0.15) is 0 Å². The van der Waals surface area contributed by atoms with E-state index in [9.17, 15) is 14.4 Å². The molecule has 0 saturated carbocycles. The Morgan fingerprint density at radius 1 is 1.26 bits per heavy atom. The van der Waals surface area contributed by atoms with Crippen LogP contribution in [-0.4, -0.2) is 31.3 Å². The maximum Gasteiger partial charge on any atom is 0.307 e. The highest BCUT2D eigenvalue weighted by molar-refractivity contribution is 6.52. The fourth-order valence-corrected chi connectivity index (χ4v) is 2.32. The van der Waals surface area contributed by atoms with Crippen molar-refractivity contribution < 1.29 is 19.1 Å². The van der Waals surface area contributed by atoms with Crippen LogP contribution in [0.15, 0.2) is 12.1 Å². The Hall–Kier alpha value is -2.17. The van der Waals surface area contributed by atoms with Crippen molar-refractivity contribution in [3.63, 3.8) is 0 Å². The van der Waals surface area contributed by atoms with Crippen LogP contribution < -0.4 is 4.90 Å². The standard InChI is InChI=1S/C14H15NO4/c1-8-6-9(2)12-10(7-8)15(14(18)13(12)17)5-4-11(16)19-3/h6-7H,4-5H2,1-3H3. The average Bonchev–Trinajstić information content (AvgIpc) is 2.59. The lowest BCUT2D eigenvalue weighted by Crippen LogP contribution is -2.32. The molecule has 2 rings (SSSR count). The van der Waals surface area contributed by atoms with E-state index in [0.717, 1.165) is 11.1 Å². The normalized spacial score (nSPS) is 13.7. The summed E-state index contributed by atoms with van der Waals surface area (Å²) in [7, 11) is 1.29. The zero-order valence-corrected chi connectivity index (χ0v) is 11.1. The summed E-state index contributed by atoms with van der Waals surface area (Å²) in [6.45, 7) is 3.87. The van der Waals surface area contributed by atoms with Crippen LogP contribution in [0, 0.1) is 13.8 Å². The Kier molecular flexibility index (Phi) is 3.38. The van der Waals surface area contributed by atoms with Crippen molar-refractivity contribution in [1.29, 1.82) is 0 Å². The molecule has 5 heteroatoms. The van der Waals surface area contributed by atoms with Crippen LogP contribution in [0.2, 0.25) is 0 Å². The molecule has 1 amide bonds. The number of ketones is 1. The van der Waals surface area contributed by atoms with Crippen molar-refractivity contribution >= 4 is 23.3 Å². The van der Waals surface area contributed by atoms with Crippen molar-refractivity contribution in [2.24, 2.45) is 0 Å². The number of methoxy groups -OCH3 is 1. The molecule has 19 heavy (non-hydrogen) atoms. The van der Waals surface area contributed by atoms with Crippen LogP contribution in [0.4, 0.5) is 5.69 Å². The van der Waals surface area contributed by atoms with Gasteiger partial charge in [0.05, 0.1) is 24.8 Å². The Morgan fingerprint density at radius 3 is 2.58 bits per heavy atom. The van der Waals surface area contributed by atoms with Gasteiger partial charge in [-0.3, -0.25) is 14.4 Å². The van der Waals surface area contributed by atoms with Gasteiger partial charge in [-0.1, -0.05) is 6.07 Å². The summed E-state index contributed by atoms with van der Waals surface area (Å²) in [5.74, 6) is -1.48.